The largest absolute Gasteiger partial charge is 0.508 e. The van der Waals surface area contributed by atoms with Crippen LogP contribution < -0.4 is 4.90 Å². The second-order valence-electron chi connectivity index (χ2n) is 7.76. The van der Waals surface area contributed by atoms with Gasteiger partial charge in [-0.3, -0.25) is 4.79 Å². The normalized spacial score (nSPS) is 25.6. The SMILES string of the molecule is O=C1OC(CCN2CCCc3ccc(O)cc32)CC12CCCCC2. The molecule has 1 saturated heterocycles. The van der Waals surface area contributed by atoms with Gasteiger partial charge < -0.3 is 14.7 Å². The Kier molecular flexibility index (Phi) is 4.15. The Balaban J connectivity index is 1.40. The minimum absolute atomic E-state index is 0.0592. The minimum atomic E-state index is -0.166. The molecule has 0 radical (unpaired) electrons. The van der Waals surface area contributed by atoms with Crippen LogP contribution in [0.3, 0.4) is 0 Å². The third-order valence-electron chi connectivity index (χ3n) is 6.14. The number of anilines is 1. The molecular weight excluding hydrogens is 302 g/mol. The summed E-state index contributed by atoms with van der Waals surface area (Å²) in [6, 6.07) is 5.68. The molecule has 2 aliphatic heterocycles. The van der Waals surface area contributed by atoms with Crippen molar-refractivity contribution >= 4 is 11.7 Å². The predicted octanol–water partition coefficient (Wildman–Crippen LogP) is 3.80. The Morgan fingerprint density at radius 1 is 1.21 bits per heavy atom. The van der Waals surface area contributed by atoms with Crippen molar-refractivity contribution in [1.29, 1.82) is 0 Å². The van der Waals surface area contributed by atoms with Crippen LogP contribution in [-0.4, -0.2) is 30.3 Å². The Hall–Kier alpha value is -1.71. The molecule has 0 amide bonds. The van der Waals surface area contributed by atoms with Gasteiger partial charge in [0, 0.05) is 37.7 Å². The number of aromatic hydroxyl groups is 1. The first-order valence-corrected chi connectivity index (χ1v) is 9.44. The average molecular weight is 329 g/mol. The summed E-state index contributed by atoms with van der Waals surface area (Å²) in [7, 11) is 0. The molecule has 3 aliphatic rings. The Morgan fingerprint density at radius 2 is 2.04 bits per heavy atom. The quantitative estimate of drug-likeness (QED) is 0.857. The highest BCUT2D eigenvalue weighted by molar-refractivity contribution is 5.79. The average Bonchev–Trinajstić information content (AvgIpc) is 2.89. The number of benzene rings is 1. The number of phenols is 1. The van der Waals surface area contributed by atoms with Crippen LogP contribution in [0.5, 0.6) is 5.75 Å². The number of phenolic OH excluding ortho intramolecular Hbond substituents is 1. The second kappa shape index (κ2) is 6.30. The first-order valence-electron chi connectivity index (χ1n) is 9.44. The van der Waals surface area contributed by atoms with E-state index in [-0.39, 0.29) is 17.5 Å². The van der Waals surface area contributed by atoms with Crippen molar-refractivity contribution in [3.05, 3.63) is 23.8 Å². The lowest BCUT2D eigenvalue weighted by molar-refractivity contribution is -0.150. The fraction of sp³-hybridized carbons (Fsp3) is 0.650. The van der Waals surface area contributed by atoms with Crippen LogP contribution in [-0.2, 0) is 16.0 Å². The zero-order valence-corrected chi connectivity index (χ0v) is 14.3. The molecule has 0 bridgehead atoms. The monoisotopic (exact) mass is 329 g/mol. The van der Waals surface area contributed by atoms with Crippen LogP contribution in [0.25, 0.3) is 0 Å². The number of rotatable bonds is 3. The maximum atomic E-state index is 12.4. The van der Waals surface area contributed by atoms with E-state index in [0.29, 0.717) is 5.75 Å². The zero-order chi connectivity index (χ0) is 16.6. The fourth-order valence-electron chi connectivity index (χ4n) is 4.81. The summed E-state index contributed by atoms with van der Waals surface area (Å²) >= 11 is 0. The van der Waals surface area contributed by atoms with Gasteiger partial charge in [-0.15, -0.1) is 0 Å². The van der Waals surface area contributed by atoms with E-state index >= 15 is 0 Å². The van der Waals surface area contributed by atoms with Crippen LogP contribution in [0.2, 0.25) is 0 Å². The summed E-state index contributed by atoms with van der Waals surface area (Å²) in [6.07, 6.45) is 9.72. The van der Waals surface area contributed by atoms with Crippen LogP contribution in [0.15, 0.2) is 18.2 Å². The third kappa shape index (κ3) is 2.87. The van der Waals surface area contributed by atoms with E-state index in [2.05, 4.69) is 4.90 Å². The molecule has 1 aromatic rings. The summed E-state index contributed by atoms with van der Waals surface area (Å²) < 4.78 is 5.74. The maximum Gasteiger partial charge on any atom is 0.312 e. The summed E-state index contributed by atoms with van der Waals surface area (Å²) in [4.78, 5) is 14.7. The molecule has 1 aromatic carbocycles. The lowest BCUT2D eigenvalue weighted by Gasteiger charge is -2.32. The first-order chi connectivity index (χ1) is 11.7. The van der Waals surface area contributed by atoms with Gasteiger partial charge in [-0.05, 0) is 37.3 Å². The molecule has 130 valence electrons. The lowest BCUT2D eigenvalue weighted by atomic mass is 9.72. The van der Waals surface area contributed by atoms with Crippen molar-refractivity contribution in [3.63, 3.8) is 0 Å². The van der Waals surface area contributed by atoms with Crippen molar-refractivity contribution in [1.82, 2.24) is 0 Å². The second-order valence-corrected chi connectivity index (χ2v) is 7.76. The number of esters is 1. The van der Waals surface area contributed by atoms with Crippen molar-refractivity contribution < 1.29 is 14.6 Å². The zero-order valence-electron chi connectivity index (χ0n) is 14.3. The minimum Gasteiger partial charge on any atom is -0.508 e. The van der Waals surface area contributed by atoms with Crippen LogP contribution in [0.4, 0.5) is 5.69 Å². The van der Waals surface area contributed by atoms with E-state index < -0.39 is 0 Å². The Labute approximate surface area is 143 Å². The molecule has 1 N–H and O–H groups in total. The van der Waals surface area contributed by atoms with E-state index in [1.54, 1.807) is 6.07 Å². The van der Waals surface area contributed by atoms with Gasteiger partial charge in [0.2, 0.25) is 0 Å². The molecule has 24 heavy (non-hydrogen) atoms. The first kappa shape index (κ1) is 15.8. The molecule has 2 heterocycles. The molecular formula is C20H27NO3. The molecule has 2 fully saturated rings. The van der Waals surface area contributed by atoms with Gasteiger partial charge in [0.15, 0.2) is 0 Å². The van der Waals surface area contributed by atoms with Gasteiger partial charge >= 0.3 is 5.97 Å². The number of hydrogen-bond acceptors (Lipinski definition) is 4. The molecule has 0 aromatic heterocycles. The summed E-state index contributed by atoms with van der Waals surface area (Å²) in [6.45, 7) is 1.91. The van der Waals surface area contributed by atoms with E-state index in [9.17, 15) is 9.90 Å². The lowest BCUT2D eigenvalue weighted by Crippen LogP contribution is -2.32. The van der Waals surface area contributed by atoms with Gasteiger partial charge in [-0.1, -0.05) is 25.3 Å². The predicted molar refractivity (Wildman–Crippen MR) is 93.3 cm³/mol. The smallest absolute Gasteiger partial charge is 0.312 e. The molecule has 1 saturated carbocycles. The highest BCUT2D eigenvalue weighted by Crippen LogP contribution is 2.46. The fourth-order valence-corrected chi connectivity index (χ4v) is 4.81. The highest BCUT2D eigenvalue weighted by Gasteiger charge is 2.48. The Morgan fingerprint density at radius 3 is 2.88 bits per heavy atom. The van der Waals surface area contributed by atoms with Gasteiger partial charge in [-0.25, -0.2) is 0 Å². The van der Waals surface area contributed by atoms with Crippen molar-refractivity contribution in [2.45, 2.75) is 63.9 Å². The molecule has 4 nitrogen and oxygen atoms in total. The standard InChI is InChI=1S/C20H27NO3/c22-16-7-6-15-5-4-11-21(18(15)13-16)12-8-17-14-20(19(23)24-17)9-2-1-3-10-20/h6-7,13,17,22H,1-5,8-12,14H2. The topological polar surface area (TPSA) is 49.8 Å². The van der Waals surface area contributed by atoms with E-state index in [4.69, 9.17) is 4.74 Å². The maximum absolute atomic E-state index is 12.4. The van der Waals surface area contributed by atoms with Gasteiger partial charge in [0.1, 0.15) is 11.9 Å². The number of carbonyl (C=O) groups is 1. The molecule has 4 rings (SSSR count). The van der Waals surface area contributed by atoms with E-state index in [0.717, 1.165) is 57.3 Å². The van der Waals surface area contributed by atoms with Crippen molar-refractivity contribution in [2.75, 3.05) is 18.0 Å². The summed E-state index contributed by atoms with van der Waals surface area (Å²) in [5, 5.41) is 9.79. The van der Waals surface area contributed by atoms with Crippen molar-refractivity contribution in [3.8, 4) is 5.75 Å². The molecule has 1 atom stereocenters. The number of ether oxygens (including phenoxy) is 1. The summed E-state index contributed by atoms with van der Waals surface area (Å²) in [5.41, 5.74) is 2.30. The van der Waals surface area contributed by atoms with Gasteiger partial charge in [-0.2, -0.15) is 0 Å². The number of aryl methyl sites for hydroxylation is 1. The van der Waals surface area contributed by atoms with Crippen LogP contribution in [0.1, 0.15) is 56.9 Å². The number of nitrogens with zero attached hydrogens (tertiary/aromatic N) is 1. The number of carbonyl (C=O) groups excluding carboxylic acids is 1. The number of fused-ring (bicyclic) bond motifs is 1. The molecule has 1 aliphatic carbocycles. The van der Waals surface area contributed by atoms with Gasteiger partial charge in [0.05, 0.1) is 5.41 Å². The van der Waals surface area contributed by atoms with Crippen LogP contribution in [0, 0.1) is 5.41 Å². The van der Waals surface area contributed by atoms with E-state index in [1.807, 2.05) is 12.1 Å². The third-order valence-corrected chi connectivity index (χ3v) is 6.14. The van der Waals surface area contributed by atoms with E-state index in [1.165, 1.54) is 24.8 Å². The van der Waals surface area contributed by atoms with Crippen LogP contribution >= 0.6 is 0 Å². The number of hydrogen-bond donors (Lipinski definition) is 1. The molecule has 1 unspecified atom stereocenters. The molecule has 4 heteroatoms. The van der Waals surface area contributed by atoms with Crippen molar-refractivity contribution in [2.24, 2.45) is 5.41 Å². The highest BCUT2D eigenvalue weighted by atomic mass is 16.6. The number of cyclic esters (lactones) is 1. The Bertz CT molecular complexity index is 621. The molecule has 1 spiro atoms. The summed E-state index contributed by atoms with van der Waals surface area (Å²) in [5.74, 6) is 0.387. The van der Waals surface area contributed by atoms with Gasteiger partial charge in [0.25, 0.3) is 0 Å².